The molecule has 10 heteroatoms. The van der Waals surface area contributed by atoms with Gasteiger partial charge in [0.25, 0.3) is 5.91 Å². The van der Waals surface area contributed by atoms with Crippen LogP contribution in [-0.4, -0.2) is 63.8 Å². The normalized spacial score (nSPS) is 16.2. The molecule has 156 valence electrons. The Labute approximate surface area is 183 Å². The summed E-state index contributed by atoms with van der Waals surface area (Å²) >= 11 is 7.96. The average Bonchev–Trinajstić information content (AvgIpc) is 2.96. The van der Waals surface area contributed by atoms with E-state index in [4.69, 9.17) is 17.0 Å². The summed E-state index contributed by atoms with van der Waals surface area (Å²) in [6.07, 6.45) is 3.93. The third kappa shape index (κ3) is 6.76. The number of hydrogen-bond acceptors (Lipinski definition) is 7. The van der Waals surface area contributed by atoms with Gasteiger partial charge in [0.05, 0.1) is 12.0 Å². The largest absolute Gasteiger partial charge is 0.497 e. The van der Waals surface area contributed by atoms with Crippen LogP contribution in [0.25, 0.3) is 6.08 Å². The Morgan fingerprint density at radius 3 is 2.66 bits per heavy atom. The summed E-state index contributed by atoms with van der Waals surface area (Å²) in [7, 11) is 1.58. The molecule has 0 spiro atoms. The van der Waals surface area contributed by atoms with Crippen LogP contribution in [0.4, 0.5) is 0 Å². The van der Waals surface area contributed by atoms with Crippen molar-refractivity contribution in [1.82, 2.24) is 10.2 Å². The summed E-state index contributed by atoms with van der Waals surface area (Å²) in [6.45, 7) is 0.102. The lowest BCUT2D eigenvalue weighted by atomic mass is 10.2. The third-order valence-corrected chi connectivity index (χ3v) is 6.12. The van der Waals surface area contributed by atoms with Crippen molar-refractivity contribution >= 4 is 63.9 Å². The molecule has 2 rings (SSSR count). The first-order chi connectivity index (χ1) is 13.8. The molecule has 0 aliphatic carbocycles. The van der Waals surface area contributed by atoms with Gasteiger partial charge in [-0.2, -0.15) is 11.8 Å². The van der Waals surface area contributed by atoms with Gasteiger partial charge in [-0.15, -0.1) is 0 Å². The van der Waals surface area contributed by atoms with Crippen molar-refractivity contribution in [2.75, 3.05) is 25.7 Å². The highest BCUT2D eigenvalue weighted by Crippen LogP contribution is 2.32. The summed E-state index contributed by atoms with van der Waals surface area (Å²) in [5.41, 5.74) is 0.835. The lowest BCUT2D eigenvalue weighted by Gasteiger charge is -2.17. The van der Waals surface area contributed by atoms with E-state index < -0.39 is 17.9 Å². The van der Waals surface area contributed by atoms with E-state index in [1.54, 1.807) is 25.3 Å². The molecule has 1 aromatic rings. The molecule has 2 N–H and O–H groups in total. The number of thiocarbonyl (C=S) groups is 1. The summed E-state index contributed by atoms with van der Waals surface area (Å²) in [5.74, 6) is -0.409. The molecule has 0 aromatic heterocycles. The number of nitrogens with zero attached hydrogens (tertiary/aromatic N) is 1. The Kier molecular flexibility index (Phi) is 8.99. The first-order valence-corrected chi connectivity index (χ1v) is 11.4. The van der Waals surface area contributed by atoms with Crippen molar-refractivity contribution < 1.29 is 24.2 Å². The van der Waals surface area contributed by atoms with Crippen molar-refractivity contribution in [1.29, 1.82) is 0 Å². The SMILES string of the molecule is COc1ccc(/C=C2\SC(=S)N(CCC(=O)NC(CCSC)C(=O)O)C2=O)cc1. The molecular weight excluding hydrogens is 432 g/mol. The van der Waals surface area contributed by atoms with Crippen LogP contribution in [0.1, 0.15) is 18.4 Å². The highest BCUT2D eigenvalue weighted by Gasteiger charge is 2.32. The van der Waals surface area contributed by atoms with Gasteiger partial charge in [-0.3, -0.25) is 14.5 Å². The van der Waals surface area contributed by atoms with E-state index >= 15 is 0 Å². The lowest BCUT2D eigenvalue weighted by Crippen LogP contribution is -2.42. The lowest BCUT2D eigenvalue weighted by molar-refractivity contribution is -0.142. The Hall–Kier alpha value is -2.04. The van der Waals surface area contributed by atoms with Gasteiger partial charge in [-0.25, -0.2) is 4.79 Å². The maximum absolute atomic E-state index is 12.6. The first kappa shape index (κ1) is 23.2. The number of carboxylic acid groups (broad SMARTS) is 1. The minimum atomic E-state index is -1.07. The molecule has 0 radical (unpaired) electrons. The van der Waals surface area contributed by atoms with Crippen LogP contribution in [-0.2, 0) is 14.4 Å². The highest BCUT2D eigenvalue weighted by molar-refractivity contribution is 8.26. The molecule has 0 saturated carbocycles. The number of carboxylic acids is 1. The second-order valence-corrected chi connectivity index (χ2v) is 8.76. The van der Waals surface area contributed by atoms with Crippen molar-refractivity contribution in [2.24, 2.45) is 0 Å². The zero-order chi connectivity index (χ0) is 21.4. The van der Waals surface area contributed by atoms with E-state index in [0.717, 1.165) is 11.3 Å². The van der Waals surface area contributed by atoms with E-state index in [9.17, 15) is 19.5 Å². The quantitative estimate of drug-likeness (QED) is 0.411. The number of amides is 2. The molecule has 7 nitrogen and oxygen atoms in total. The number of carbonyl (C=O) groups excluding carboxylic acids is 2. The average molecular weight is 455 g/mol. The van der Waals surface area contributed by atoms with Crippen molar-refractivity contribution in [3.05, 3.63) is 34.7 Å². The minimum Gasteiger partial charge on any atom is -0.497 e. The molecule has 0 bridgehead atoms. The number of nitrogens with one attached hydrogen (secondary N) is 1. The zero-order valence-electron chi connectivity index (χ0n) is 16.0. The number of carbonyl (C=O) groups is 3. The number of hydrogen-bond donors (Lipinski definition) is 2. The maximum atomic E-state index is 12.6. The molecule has 1 aliphatic heterocycles. The van der Waals surface area contributed by atoms with Crippen LogP contribution in [0.3, 0.4) is 0 Å². The molecule has 1 heterocycles. The summed E-state index contributed by atoms with van der Waals surface area (Å²) in [4.78, 5) is 37.8. The van der Waals surface area contributed by atoms with Gasteiger partial charge in [0.1, 0.15) is 16.1 Å². The maximum Gasteiger partial charge on any atom is 0.326 e. The Bertz CT molecular complexity index is 811. The molecule has 1 atom stereocenters. The van der Waals surface area contributed by atoms with Gasteiger partial charge in [0, 0.05) is 13.0 Å². The summed E-state index contributed by atoms with van der Waals surface area (Å²) in [5, 5.41) is 11.7. The number of aliphatic carboxylic acids is 1. The fraction of sp³-hybridized carbons (Fsp3) is 0.368. The molecule has 1 unspecified atom stereocenters. The first-order valence-electron chi connectivity index (χ1n) is 8.76. The van der Waals surface area contributed by atoms with Gasteiger partial charge in [0.2, 0.25) is 5.91 Å². The van der Waals surface area contributed by atoms with Crippen LogP contribution in [0.15, 0.2) is 29.2 Å². The molecular formula is C19H22N2O5S3. The molecule has 2 amide bonds. The van der Waals surface area contributed by atoms with E-state index in [2.05, 4.69) is 5.32 Å². The van der Waals surface area contributed by atoms with Crippen LogP contribution in [0.2, 0.25) is 0 Å². The fourth-order valence-electron chi connectivity index (χ4n) is 2.52. The second kappa shape index (κ2) is 11.2. The van der Waals surface area contributed by atoms with E-state index in [-0.39, 0.29) is 18.9 Å². The minimum absolute atomic E-state index is 0.0225. The van der Waals surface area contributed by atoms with Crippen LogP contribution >= 0.6 is 35.7 Å². The third-order valence-electron chi connectivity index (χ3n) is 4.09. The zero-order valence-corrected chi connectivity index (χ0v) is 18.5. The van der Waals surface area contributed by atoms with Crippen molar-refractivity contribution in [3.8, 4) is 5.75 Å². The van der Waals surface area contributed by atoms with E-state index in [1.165, 1.54) is 28.4 Å². The number of ether oxygens (including phenoxy) is 1. The molecule has 1 aliphatic rings. The van der Waals surface area contributed by atoms with Crippen LogP contribution in [0, 0.1) is 0 Å². The predicted molar refractivity (Wildman–Crippen MR) is 120 cm³/mol. The summed E-state index contributed by atoms with van der Waals surface area (Å²) < 4.78 is 5.49. The monoisotopic (exact) mass is 454 g/mol. The van der Waals surface area contributed by atoms with E-state index in [1.807, 2.05) is 18.4 Å². The van der Waals surface area contributed by atoms with Crippen LogP contribution < -0.4 is 10.1 Å². The topological polar surface area (TPSA) is 95.9 Å². The number of thioether (sulfide) groups is 2. The highest BCUT2D eigenvalue weighted by atomic mass is 32.2. The van der Waals surface area contributed by atoms with Gasteiger partial charge < -0.3 is 15.2 Å². The van der Waals surface area contributed by atoms with Crippen LogP contribution in [0.5, 0.6) is 5.75 Å². The number of rotatable bonds is 10. The van der Waals surface area contributed by atoms with Crippen molar-refractivity contribution in [2.45, 2.75) is 18.9 Å². The number of benzene rings is 1. The second-order valence-electron chi connectivity index (χ2n) is 6.10. The van der Waals surface area contributed by atoms with Gasteiger partial charge in [-0.05, 0) is 42.2 Å². The molecule has 1 aromatic carbocycles. The molecule has 1 fully saturated rings. The standard InChI is InChI=1S/C19H22N2O5S3/c1-26-13-5-3-12(4-6-13)11-15-17(23)21(19(27)29-15)9-7-16(22)20-14(18(24)25)8-10-28-2/h3-6,11,14H,7-10H2,1-2H3,(H,20,22)(H,24,25)/b15-11-. The van der Waals surface area contributed by atoms with Gasteiger partial charge >= 0.3 is 5.97 Å². The molecule has 1 saturated heterocycles. The predicted octanol–water partition coefficient (Wildman–Crippen LogP) is 2.61. The Balaban J connectivity index is 1.94. The smallest absolute Gasteiger partial charge is 0.326 e. The Morgan fingerprint density at radius 2 is 2.07 bits per heavy atom. The van der Waals surface area contributed by atoms with Crippen molar-refractivity contribution in [3.63, 3.8) is 0 Å². The van der Waals surface area contributed by atoms with E-state index in [0.29, 0.717) is 21.4 Å². The van der Waals surface area contributed by atoms with Gasteiger partial charge in [0.15, 0.2) is 0 Å². The fourth-order valence-corrected chi connectivity index (χ4v) is 4.30. The molecule has 29 heavy (non-hydrogen) atoms. The van der Waals surface area contributed by atoms with Gasteiger partial charge in [-0.1, -0.05) is 36.1 Å². The Morgan fingerprint density at radius 1 is 1.38 bits per heavy atom. The summed E-state index contributed by atoms with van der Waals surface area (Å²) in [6, 6.07) is 6.33. The number of methoxy groups -OCH3 is 1.